The van der Waals surface area contributed by atoms with Crippen LogP contribution in [0.4, 0.5) is 5.69 Å². The maximum Gasteiger partial charge on any atom is 0.124 e. The third-order valence-corrected chi connectivity index (χ3v) is 5.36. The van der Waals surface area contributed by atoms with Gasteiger partial charge in [-0.1, -0.05) is 42.5 Å². The molecule has 3 aromatic carbocycles. The Kier molecular flexibility index (Phi) is 5.91. The van der Waals surface area contributed by atoms with E-state index in [0.29, 0.717) is 0 Å². The minimum atomic E-state index is 0.0126. The van der Waals surface area contributed by atoms with E-state index in [2.05, 4.69) is 22.4 Å². The maximum absolute atomic E-state index is 9.82. The van der Waals surface area contributed by atoms with Crippen LogP contribution < -0.4 is 14.8 Å². The SMILES string of the molecule is COc1cc(NC(Cc2c[nH]c3cccc(CO)c23)c2ccccc2)cc(OC)c1. The van der Waals surface area contributed by atoms with Crippen LogP contribution in [0.3, 0.4) is 0 Å². The zero-order valence-corrected chi connectivity index (χ0v) is 17.2. The van der Waals surface area contributed by atoms with Crippen LogP contribution in [0.1, 0.15) is 22.7 Å². The van der Waals surface area contributed by atoms with E-state index in [1.165, 1.54) is 5.56 Å². The summed E-state index contributed by atoms with van der Waals surface area (Å²) in [6.07, 6.45) is 2.79. The van der Waals surface area contributed by atoms with Gasteiger partial charge in [0.1, 0.15) is 11.5 Å². The Hall–Kier alpha value is -3.44. The highest BCUT2D eigenvalue weighted by molar-refractivity contribution is 5.86. The Balaban J connectivity index is 1.72. The number of anilines is 1. The number of H-pyrrole nitrogens is 1. The van der Waals surface area contributed by atoms with E-state index in [1.807, 2.05) is 60.8 Å². The molecule has 4 rings (SSSR count). The third-order valence-electron chi connectivity index (χ3n) is 5.36. The lowest BCUT2D eigenvalue weighted by molar-refractivity contribution is 0.283. The molecule has 0 aliphatic heterocycles. The van der Waals surface area contributed by atoms with Gasteiger partial charge in [0.25, 0.3) is 0 Å². The Labute approximate surface area is 176 Å². The minimum Gasteiger partial charge on any atom is -0.497 e. The molecular formula is C25H26N2O3. The molecule has 5 heteroatoms. The average Bonchev–Trinajstić information content (AvgIpc) is 3.22. The van der Waals surface area contributed by atoms with E-state index in [4.69, 9.17) is 9.47 Å². The van der Waals surface area contributed by atoms with Gasteiger partial charge in [-0.05, 0) is 29.2 Å². The molecule has 30 heavy (non-hydrogen) atoms. The number of aliphatic hydroxyl groups excluding tert-OH is 1. The second-order valence-electron chi connectivity index (χ2n) is 7.22. The van der Waals surface area contributed by atoms with Gasteiger partial charge < -0.3 is 24.9 Å². The van der Waals surface area contributed by atoms with Crippen LogP contribution in [0, 0.1) is 0 Å². The number of benzene rings is 3. The van der Waals surface area contributed by atoms with Crippen molar-refractivity contribution in [2.45, 2.75) is 19.1 Å². The van der Waals surface area contributed by atoms with Crippen LogP contribution >= 0.6 is 0 Å². The first-order valence-electron chi connectivity index (χ1n) is 9.95. The molecule has 0 amide bonds. The summed E-state index contributed by atoms with van der Waals surface area (Å²) in [5, 5.41) is 14.6. The summed E-state index contributed by atoms with van der Waals surface area (Å²) < 4.78 is 10.9. The van der Waals surface area contributed by atoms with Crippen LogP contribution in [0.2, 0.25) is 0 Å². The molecule has 0 aliphatic rings. The largest absolute Gasteiger partial charge is 0.497 e. The van der Waals surface area contributed by atoms with Gasteiger partial charge in [-0.2, -0.15) is 0 Å². The lowest BCUT2D eigenvalue weighted by atomic mass is 9.96. The minimum absolute atomic E-state index is 0.0126. The highest BCUT2D eigenvalue weighted by Gasteiger charge is 2.17. The van der Waals surface area contributed by atoms with Gasteiger partial charge in [-0.3, -0.25) is 0 Å². The second-order valence-corrected chi connectivity index (χ2v) is 7.22. The molecule has 3 N–H and O–H groups in total. The molecule has 0 spiro atoms. The first-order chi connectivity index (χ1) is 14.7. The van der Waals surface area contributed by atoms with E-state index in [9.17, 15) is 5.11 Å². The quantitative estimate of drug-likeness (QED) is 0.385. The molecular weight excluding hydrogens is 376 g/mol. The number of rotatable bonds is 8. The standard InChI is InChI=1S/C25H26N2O3/c1-29-21-12-20(13-22(14-21)30-2)27-24(17-7-4-3-5-8-17)11-19-15-26-23-10-6-9-18(16-28)25(19)23/h3-10,12-15,24,26-28H,11,16H2,1-2H3. The van der Waals surface area contributed by atoms with Crippen LogP contribution in [0.5, 0.6) is 11.5 Å². The van der Waals surface area contributed by atoms with Crippen molar-refractivity contribution in [3.05, 3.63) is 89.6 Å². The topological polar surface area (TPSA) is 66.5 Å². The van der Waals surface area contributed by atoms with Gasteiger partial charge in [0.05, 0.1) is 26.9 Å². The number of aromatic amines is 1. The summed E-state index contributed by atoms with van der Waals surface area (Å²) in [5.74, 6) is 1.47. The predicted molar refractivity (Wildman–Crippen MR) is 120 cm³/mol. The Morgan fingerprint density at radius 1 is 0.900 bits per heavy atom. The van der Waals surface area contributed by atoms with E-state index in [-0.39, 0.29) is 12.6 Å². The second kappa shape index (κ2) is 8.93. The van der Waals surface area contributed by atoms with Crippen LogP contribution in [0.25, 0.3) is 10.9 Å². The fourth-order valence-electron chi connectivity index (χ4n) is 3.88. The summed E-state index contributed by atoms with van der Waals surface area (Å²) in [6.45, 7) is 0.0126. The number of aromatic nitrogens is 1. The van der Waals surface area contributed by atoms with E-state index in [0.717, 1.165) is 45.6 Å². The van der Waals surface area contributed by atoms with Crippen molar-refractivity contribution >= 4 is 16.6 Å². The smallest absolute Gasteiger partial charge is 0.124 e. The molecule has 0 saturated carbocycles. The van der Waals surface area contributed by atoms with Gasteiger partial charge in [0, 0.05) is 41.0 Å². The van der Waals surface area contributed by atoms with Crippen molar-refractivity contribution in [2.24, 2.45) is 0 Å². The van der Waals surface area contributed by atoms with Gasteiger partial charge in [-0.15, -0.1) is 0 Å². The normalized spacial score (nSPS) is 12.0. The fourth-order valence-corrected chi connectivity index (χ4v) is 3.88. The zero-order valence-electron chi connectivity index (χ0n) is 17.2. The molecule has 1 aromatic heterocycles. The zero-order chi connectivity index (χ0) is 20.9. The number of nitrogens with one attached hydrogen (secondary N) is 2. The third kappa shape index (κ3) is 4.11. The van der Waals surface area contributed by atoms with Gasteiger partial charge in [-0.25, -0.2) is 0 Å². The monoisotopic (exact) mass is 402 g/mol. The van der Waals surface area contributed by atoms with Crippen LogP contribution in [0.15, 0.2) is 72.9 Å². The first kappa shape index (κ1) is 19.9. The van der Waals surface area contributed by atoms with Crippen LogP contribution in [-0.4, -0.2) is 24.3 Å². The number of hydrogen-bond acceptors (Lipinski definition) is 4. The molecule has 0 radical (unpaired) electrons. The molecule has 0 aliphatic carbocycles. The molecule has 4 aromatic rings. The number of ether oxygens (including phenoxy) is 2. The Bertz CT molecular complexity index is 1100. The van der Waals surface area contributed by atoms with Gasteiger partial charge in [0.15, 0.2) is 0 Å². The number of methoxy groups -OCH3 is 2. The van der Waals surface area contributed by atoms with Crippen molar-refractivity contribution in [3.8, 4) is 11.5 Å². The molecule has 0 bridgehead atoms. The lowest BCUT2D eigenvalue weighted by Gasteiger charge is -2.21. The molecule has 0 fully saturated rings. The van der Waals surface area contributed by atoms with E-state index in [1.54, 1.807) is 14.2 Å². The molecule has 154 valence electrons. The molecule has 5 nitrogen and oxygen atoms in total. The molecule has 0 saturated heterocycles. The van der Waals surface area contributed by atoms with Crippen molar-refractivity contribution in [1.29, 1.82) is 0 Å². The maximum atomic E-state index is 9.82. The summed E-state index contributed by atoms with van der Waals surface area (Å²) >= 11 is 0. The summed E-state index contributed by atoms with van der Waals surface area (Å²) in [4.78, 5) is 3.34. The van der Waals surface area contributed by atoms with E-state index >= 15 is 0 Å². The highest BCUT2D eigenvalue weighted by atomic mass is 16.5. The van der Waals surface area contributed by atoms with E-state index < -0.39 is 0 Å². The van der Waals surface area contributed by atoms with Gasteiger partial charge >= 0.3 is 0 Å². The van der Waals surface area contributed by atoms with Crippen molar-refractivity contribution in [1.82, 2.24) is 4.98 Å². The van der Waals surface area contributed by atoms with Crippen molar-refractivity contribution < 1.29 is 14.6 Å². The molecule has 1 atom stereocenters. The summed E-state index contributed by atoms with van der Waals surface area (Å²) in [6, 6.07) is 22.1. The first-order valence-corrected chi connectivity index (χ1v) is 9.95. The number of hydrogen-bond donors (Lipinski definition) is 3. The predicted octanol–water partition coefficient (Wildman–Crippen LogP) is 5.07. The number of fused-ring (bicyclic) bond motifs is 1. The summed E-state index contributed by atoms with van der Waals surface area (Å²) in [7, 11) is 3.30. The van der Waals surface area contributed by atoms with Crippen molar-refractivity contribution in [3.63, 3.8) is 0 Å². The fraction of sp³-hybridized carbons (Fsp3) is 0.200. The Morgan fingerprint density at radius 2 is 1.63 bits per heavy atom. The Morgan fingerprint density at radius 3 is 2.30 bits per heavy atom. The van der Waals surface area contributed by atoms with Gasteiger partial charge in [0.2, 0.25) is 0 Å². The highest BCUT2D eigenvalue weighted by Crippen LogP contribution is 2.32. The lowest BCUT2D eigenvalue weighted by Crippen LogP contribution is -2.14. The molecule has 1 heterocycles. The molecule has 1 unspecified atom stereocenters. The number of aliphatic hydroxyl groups is 1. The average molecular weight is 402 g/mol. The van der Waals surface area contributed by atoms with Crippen molar-refractivity contribution in [2.75, 3.05) is 19.5 Å². The summed E-state index contributed by atoms with van der Waals surface area (Å²) in [5.41, 5.74) is 5.22. The van der Waals surface area contributed by atoms with Crippen LogP contribution in [-0.2, 0) is 13.0 Å².